The summed E-state index contributed by atoms with van der Waals surface area (Å²) in [6.45, 7) is 5.77. The van der Waals surface area contributed by atoms with E-state index in [2.05, 4.69) is 24.5 Å². The summed E-state index contributed by atoms with van der Waals surface area (Å²) >= 11 is 0. The van der Waals surface area contributed by atoms with E-state index in [1.807, 2.05) is 6.07 Å². The lowest BCUT2D eigenvalue weighted by Crippen LogP contribution is -2.43. The Labute approximate surface area is 131 Å². The second-order valence-electron chi connectivity index (χ2n) is 7.18. The highest BCUT2D eigenvalue weighted by Gasteiger charge is 2.44. The number of anilines is 1. The SMILES string of the molecule is CC(C)CC1(C(=O)Nc2ccc3c(c2F)CCNC3)CCC1. The molecule has 0 bridgehead atoms. The molecule has 2 aliphatic rings. The van der Waals surface area contributed by atoms with Crippen molar-refractivity contribution in [3.05, 3.63) is 29.1 Å². The van der Waals surface area contributed by atoms with Crippen LogP contribution in [0, 0.1) is 17.2 Å². The highest BCUT2D eigenvalue weighted by atomic mass is 19.1. The molecule has 120 valence electrons. The van der Waals surface area contributed by atoms with Gasteiger partial charge in [0.1, 0.15) is 5.82 Å². The van der Waals surface area contributed by atoms with Crippen molar-refractivity contribution < 1.29 is 9.18 Å². The number of nitrogens with one attached hydrogen (secondary N) is 2. The zero-order chi connectivity index (χ0) is 15.7. The zero-order valence-corrected chi connectivity index (χ0v) is 13.5. The lowest BCUT2D eigenvalue weighted by molar-refractivity contribution is -0.131. The maximum atomic E-state index is 14.6. The van der Waals surface area contributed by atoms with E-state index in [4.69, 9.17) is 0 Å². The van der Waals surface area contributed by atoms with Crippen molar-refractivity contribution in [2.75, 3.05) is 11.9 Å². The molecule has 1 amide bonds. The van der Waals surface area contributed by atoms with Crippen LogP contribution in [-0.2, 0) is 17.8 Å². The quantitative estimate of drug-likeness (QED) is 0.892. The van der Waals surface area contributed by atoms with Gasteiger partial charge in [0.05, 0.1) is 5.69 Å². The molecule has 3 rings (SSSR count). The average molecular weight is 304 g/mol. The van der Waals surface area contributed by atoms with Gasteiger partial charge in [-0.3, -0.25) is 4.79 Å². The number of hydrogen-bond donors (Lipinski definition) is 2. The van der Waals surface area contributed by atoms with E-state index in [1.165, 1.54) is 0 Å². The van der Waals surface area contributed by atoms with Gasteiger partial charge in [-0.2, -0.15) is 0 Å². The Hall–Kier alpha value is -1.42. The Bertz CT molecular complexity index is 579. The lowest BCUT2D eigenvalue weighted by atomic mass is 9.64. The lowest BCUT2D eigenvalue weighted by Gasteiger charge is -2.41. The first-order chi connectivity index (χ1) is 10.5. The third kappa shape index (κ3) is 2.76. The topological polar surface area (TPSA) is 41.1 Å². The Morgan fingerprint density at radius 1 is 1.41 bits per heavy atom. The van der Waals surface area contributed by atoms with Gasteiger partial charge in [0.2, 0.25) is 5.91 Å². The average Bonchev–Trinajstić information content (AvgIpc) is 2.46. The van der Waals surface area contributed by atoms with E-state index >= 15 is 0 Å². The standard InChI is InChI=1S/C18H25FN2O/c1-12(2)10-18(7-3-8-18)17(22)21-15-5-4-13-11-20-9-6-14(13)16(15)19/h4-5,12,20H,3,6-11H2,1-2H3,(H,21,22). The second-order valence-corrected chi connectivity index (χ2v) is 7.18. The molecule has 0 aromatic heterocycles. The molecule has 1 aliphatic carbocycles. The summed E-state index contributed by atoms with van der Waals surface area (Å²) in [6.07, 6.45) is 4.51. The number of carbonyl (C=O) groups excluding carboxylic acids is 1. The van der Waals surface area contributed by atoms with Crippen LogP contribution < -0.4 is 10.6 Å². The molecule has 1 heterocycles. The highest BCUT2D eigenvalue weighted by Crippen LogP contribution is 2.46. The normalized spacial score (nSPS) is 19.5. The van der Waals surface area contributed by atoms with E-state index in [1.54, 1.807) is 6.07 Å². The molecule has 22 heavy (non-hydrogen) atoms. The predicted octanol–water partition coefficient (Wildman–Crippen LogP) is 3.63. The van der Waals surface area contributed by atoms with Crippen LogP contribution in [0.15, 0.2) is 12.1 Å². The van der Waals surface area contributed by atoms with Crippen molar-refractivity contribution in [1.82, 2.24) is 5.32 Å². The number of carbonyl (C=O) groups is 1. The van der Waals surface area contributed by atoms with E-state index in [0.29, 0.717) is 24.6 Å². The largest absolute Gasteiger partial charge is 0.323 e. The Kier molecular flexibility index (Phi) is 4.22. The molecule has 1 saturated carbocycles. The van der Waals surface area contributed by atoms with Gasteiger partial charge >= 0.3 is 0 Å². The molecule has 0 radical (unpaired) electrons. The summed E-state index contributed by atoms with van der Waals surface area (Å²) in [7, 11) is 0. The fourth-order valence-electron chi connectivity index (χ4n) is 3.79. The minimum absolute atomic E-state index is 0.000217. The summed E-state index contributed by atoms with van der Waals surface area (Å²) in [6, 6.07) is 3.64. The molecule has 3 nitrogen and oxygen atoms in total. The molecule has 1 aliphatic heterocycles. The van der Waals surface area contributed by atoms with Crippen LogP contribution in [0.5, 0.6) is 0 Å². The number of amides is 1. The van der Waals surface area contributed by atoms with Crippen molar-refractivity contribution in [3.8, 4) is 0 Å². The smallest absolute Gasteiger partial charge is 0.230 e. The summed E-state index contributed by atoms with van der Waals surface area (Å²) in [5.41, 5.74) is 1.82. The van der Waals surface area contributed by atoms with Crippen LogP contribution in [0.25, 0.3) is 0 Å². The summed E-state index contributed by atoms with van der Waals surface area (Å²) < 4.78 is 14.6. The fourth-order valence-corrected chi connectivity index (χ4v) is 3.79. The number of halogens is 1. The summed E-state index contributed by atoms with van der Waals surface area (Å²) in [5, 5.41) is 6.11. The minimum Gasteiger partial charge on any atom is -0.323 e. The molecular formula is C18H25FN2O. The third-order valence-electron chi connectivity index (χ3n) is 5.05. The highest BCUT2D eigenvalue weighted by molar-refractivity contribution is 5.96. The van der Waals surface area contributed by atoms with Gasteiger partial charge in [-0.05, 0) is 55.3 Å². The van der Waals surface area contributed by atoms with Gasteiger partial charge < -0.3 is 10.6 Å². The molecule has 0 spiro atoms. The molecule has 1 aromatic rings. The predicted molar refractivity (Wildman–Crippen MR) is 86.2 cm³/mol. The van der Waals surface area contributed by atoms with E-state index in [-0.39, 0.29) is 17.1 Å². The molecule has 0 unspecified atom stereocenters. The van der Waals surface area contributed by atoms with Crippen molar-refractivity contribution >= 4 is 11.6 Å². The number of benzene rings is 1. The van der Waals surface area contributed by atoms with Crippen molar-refractivity contribution in [2.24, 2.45) is 11.3 Å². The fraction of sp³-hybridized carbons (Fsp3) is 0.611. The molecular weight excluding hydrogens is 279 g/mol. The van der Waals surface area contributed by atoms with Crippen molar-refractivity contribution in [2.45, 2.75) is 52.5 Å². The van der Waals surface area contributed by atoms with Crippen LogP contribution in [-0.4, -0.2) is 12.5 Å². The molecule has 0 atom stereocenters. The molecule has 2 N–H and O–H groups in total. The molecule has 1 aromatic carbocycles. The van der Waals surface area contributed by atoms with Gasteiger partial charge in [0.15, 0.2) is 0 Å². The Morgan fingerprint density at radius 2 is 2.18 bits per heavy atom. The van der Waals surface area contributed by atoms with E-state index < -0.39 is 0 Å². The van der Waals surface area contributed by atoms with Gasteiger partial charge in [-0.25, -0.2) is 4.39 Å². The van der Waals surface area contributed by atoms with E-state index in [0.717, 1.165) is 43.4 Å². The van der Waals surface area contributed by atoms with Gasteiger partial charge in [0.25, 0.3) is 0 Å². The zero-order valence-electron chi connectivity index (χ0n) is 13.5. The van der Waals surface area contributed by atoms with Crippen molar-refractivity contribution in [1.29, 1.82) is 0 Å². The number of fused-ring (bicyclic) bond motifs is 1. The minimum atomic E-state index is -0.280. The Balaban J connectivity index is 1.79. The van der Waals surface area contributed by atoms with Crippen LogP contribution >= 0.6 is 0 Å². The maximum absolute atomic E-state index is 14.6. The van der Waals surface area contributed by atoms with Crippen LogP contribution in [0.3, 0.4) is 0 Å². The van der Waals surface area contributed by atoms with Gasteiger partial charge in [-0.1, -0.05) is 26.3 Å². The number of rotatable bonds is 4. The summed E-state index contributed by atoms with van der Waals surface area (Å²) in [4.78, 5) is 12.7. The third-order valence-corrected chi connectivity index (χ3v) is 5.05. The second kappa shape index (κ2) is 5.99. The monoisotopic (exact) mass is 304 g/mol. The van der Waals surface area contributed by atoms with Crippen LogP contribution in [0.2, 0.25) is 0 Å². The molecule has 1 fully saturated rings. The van der Waals surface area contributed by atoms with Gasteiger partial charge in [0, 0.05) is 12.0 Å². The van der Waals surface area contributed by atoms with Crippen LogP contribution in [0.4, 0.5) is 10.1 Å². The first-order valence-electron chi connectivity index (χ1n) is 8.34. The molecule has 4 heteroatoms. The van der Waals surface area contributed by atoms with Crippen molar-refractivity contribution in [3.63, 3.8) is 0 Å². The first kappa shape index (κ1) is 15.5. The van der Waals surface area contributed by atoms with Crippen LogP contribution in [0.1, 0.15) is 50.7 Å². The summed E-state index contributed by atoms with van der Waals surface area (Å²) in [5.74, 6) is 0.233. The van der Waals surface area contributed by atoms with E-state index in [9.17, 15) is 9.18 Å². The maximum Gasteiger partial charge on any atom is 0.230 e. The molecule has 0 saturated heterocycles. The Morgan fingerprint density at radius 3 is 2.82 bits per heavy atom. The number of hydrogen-bond acceptors (Lipinski definition) is 2. The van der Waals surface area contributed by atoms with Gasteiger partial charge in [-0.15, -0.1) is 0 Å². The first-order valence-corrected chi connectivity index (χ1v) is 8.34.